The molecule has 0 unspecified atom stereocenters. The van der Waals surface area contributed by atoms with E-state index in [0.717, 1.165) is 16.0 Å². The number of thiophene rings is 1. The van der Waals surface area contributed by atoms with Crippen molar-refractivity contribution in [3.05, 3.63) is 46.7 Å². The van der Waals surface area contributed by atoms with Crippen LogP contribution >= 0.6 is 11.3 Å². The van der Waals surface area contributed by atoms with Crippen LogP contribution in [0.15, 0.2) is 41.8 Å². The van der Waals surface area contributed by atoms with Crippen molar-refractivity contribution in [3.8, 4) is 11.1 Å². The smallest absolute Gasteiger partial charge is 0.264 e. The Bertz CT molecular complexity index is 666. The lowest BCUT2D eigenvalue weighted by atomic mass is 10.1. The minimum Gasteiger partial charge on any atom is -0.369 e. The van der Waals surface area contributed by atoms with Crippen molar-refractivity contribution in [2.24, 2.45) is 11.7 Å². The average Bonchev–Trinajstić information content (AvgIpc) is 3.17. The summed E-state index contributed by atoms with van der Waals surface area (Å²) in [6.07, 6.45) is 0.660. The first-order valence-corrected chi connectivity index (χ1v) is 7.76. The molecule has 5 heteroatoms. The summed E-state index contributed by atoms with van der Waals surface area (Å²) in [6, 6.07) is 11.8. The first kappa shape index (κ1) is 13.8. The number of nitrogens with zero attached hydrogens (tertiary/aromatic N) is 1. The molecule has 1 atom stereocenters. The van der Waals surface area contributed by atoms with Gasteiger partial charge in [-0.1, -0.05) is 30.3 Å². The van der Waals surface area contributed by atoms with E-state index in [4.69, 9.17) is 5.73 Å². The molecule has 108 valence electrons. The van der Waals surface area contributed by atoms with Crippen molar-refractivity contribution in [2.45, 2.75) is 6.42 Å². The zero-order valence-corrected chi connectivity index (χ0v) is 12.3. The van der Waals surface area contributed by atoms with Gasteiger partial charge in [0, 0.05) is 18.7 Å². The molecule has 1 saturated heterocycles. The van der Waals surface area contributed by atoms with Crippen molar-refractivity contribution in [1.29, 1.82) is 0 Å². The average molecular weight is 300 g/mol. The summed E-state index contributed by atoms with van der Waals surface area (Å²) in [5.74, 6) is -0.540. The number of primary amides is 1. The Morgan fingerprint density at radius 1 is 1.19 bits per heavy atom. The van der Waals surface area contributed by atoms with Gasteiger partial charge in [0.15, 0.2) is 0 Å². The highest BCUT2D eigenvalue weighted by molar-refractivity contribution is 7.12. The predicted octanol–water partition coefficient (Wildman–Crippen LogP) is 2.36. The Labute approximate surface area is 127 Å². The van der Waals surface area contributed by atoms with E-state index in [0.29, 0.717) is 19.5 Å². The molecule has 2 amide bonds. The van der Waals surface area contributed by atoms with Gasteiger partial charge in [-0.2, -0.15) is 0 Å². The number of carbonyl (C=O) groups excluding carboxylic acids is 2. The van der Waals surface area contributed by atoms with Gasteiger partial charge >= 0.3 is 0 Å². The number of amides is 2. The van der Waals surface area contributed by atoms with Crippen molar-refractivity contribution in [1.82, 2.24) is 4.90 Å². The van der Waals surface area contributed by atoms with Crippen LogP contribution in [0.4, 0.5) is 0 Å². The molecular weight excluding hydrogens is 284 g/mol. The predicted molar refractivity (Wildman–Crippen MR) is 83.0 cm³/mol. The van der Waals surface area contributed by atoms with E-state index in [1.54, 1.807) is 4.90 Å². The number of carbonyl (C=O) groups is 2. The van der Waals surface area contributed by atoms with Crippen molar-refractivity contribution >= 4 is 23.2 Å². The zero-order valence-electron chi connectivity index (χ0n) is 11.5. The summed E-state index contributed by atoms with van der Waals surface area (Å²) < 4.78 is 0. The standard InChI is InChI=1S/C16H16N2O2S/c17-15(19)12-6-8-18(10-12)16(20)14-13(7-9-21-14)11-4-2-1-3-5-11/h1-5,7,9,12H,6,8,10H2,(H2,17,19)/t12-/m1/s1. The summed E-state index contributed by atoms with van der Waals surface area (Å²) in [6.45, 7) is 1.03. The molecule has 3 rings (SSSR count). The maximum Gasteiger partial charge on any atom is 0.264 e. The summed E-state index contributed by atoms with van der Waals surface area (Å²) in [4.78, 5) is 26.3. The van der Waals surface area contributed by atoms with E-state index in [9.17, 15) is 9.59 Å². The molecule has 2 aromatic rings. The Balaban J connectivity index is 1.84. The third-order valence-corrected chi connectivity index (χ3v) is 4.72. The number of likely N-dealkylation sites (tertiary alicyclic amines) is 1. The summed E-state index contributed by atoms with van der Waals surface area (Å²) in [5, 5.41) is 1.93. The molecule has 0 radical (unpaired) electrons. The van der Waals surface area contributed by atoms with E-state index in [-0.39, 0.29) is 17.7 Å². The van der Waals surface area contributed by atoms with Gasteiger partial charge in [-0.05, 0) is 23.4 Å². The molecule has 0 bridgehead atoms. The first-order valence-electron chi connectivity index (χ1n) is 6.88. The summed E-state index contributed by atoms with van der Waals surface area (Å²) in [7, 11) is 0. The van der Waals surface area contributed by atoms with Crippen LogP contribution in [-0.2, 0) is 4.79 Å². The van der Waals surface area contributed by atoms with E-state index in [2.05, 4.69) is 0 Å². The molecule has 2 heterocycles. The molecule has 0 spiro atoms. The van der Waals surface area contributed by atoms with E-state index in [1.165, 1.54) is 11.3 Å². The molecule has 2 N–H and O–H groups in total. The Morgan fingerprint density at radius 3 is 2.62 bits per heavy atom. The highest BCUT2D eigenvalue weighted by atomic mass is 32.1. The quantitative estimate of drug-likeness (QED) is 0.945. The minimum atomic E-state index is -0.320. The molecule has 0 saturated carbocycles. The lowest BCUT2D eigenvalue weighted by Gasteiger charge is -2.16. The second kappa shape index (κ2) is 5.69. The van der Waals surface area contributed by atoms with Gasteiger partial charge in [0.25, 0.3) is 5.91 Å². The van der Waals surface area contributed by atoms with Crippen LogP contribution in [-0.4, -0.2) is 29.8 Å². The fourth-order valence-electron chi connectivity index (χ4n) is 2.64. The molecule has 1 aliphatic rings. The molecular formula is C16H16N2O2S. The highest BCUT2D eigenvalue weighted by Crippen LogP contribution is 2.30. The van der Waals surface area contributed by atoms with E-state index in [1.807, 2.05) is 41.8 Å². The second-order valence-electron chi connectivity index (χ2n) is 5.17. The van der Waals surface area contributed by atoms with Crippen LogP contribution in [0.1, 0.15) is 16.1 Å². The molecule has 1 aromatic carbocycles. The molecule has 4 nitrogen and oxygen atoms in total. The maximum atomic E-state index is 12.7. The Morgan fingerprint density at radius 2 is 1.95 bits per heavy atom. The van der Waals surface area contributed by atoms with Crippen LogP contribution in [0, 0.1) is 5.92 Å². The van der Waals surface area contributed by atoms with Gasteiger partial charge in [0.1, 0.15) is 0 Å². The molecule has 1 fully saturated rings. The SMILES string of the molecule is NC(=O)[C@@H]1CCN(C(=O)c2sccc2-c2ccccc2)C1. The van der Waals surface area contributed by atoms with Gasteiger partial charge in [0.05, 0.1) is 10.8 Å². The first-order chi connectivity index (χ1) is 10.2. The lowest BCUT2D eigenvalue weighted by Crippen LogP contribution is -2.31. The normalized spacial score (nSPS) is 17.9. The van der Waals surface area contributed by atoms with Crippen LogP contribution in [0.3, 0.4) is 0 Å². The Kier molecular flexibility index (Phi) is 3.75. The van der Waals surface area contributed by atoms with Crippen molar-refractivity contribution in [2.75, 3.05) is 13.1 Å². The van der Waals surface area contributed by atoms with E-state index < -0.39 is 0 Å². The summed E-state index contributed by atoms with van der Waals surface area (Å²) >= 11 is 1.44. The Hall–Kier alpha value is -2.14. The van der Waals surface area contributed by atoms with Gasteiger partial charge < -0.3 is 10.6 Å². The molecule has 0 aliphatic carbocycles. The van der Waals surface area contributed by atoms with Gasteiger partial charge in [-0.15, -0.1) is 11.3 Å². The van der Waals surface area contributed by atoms with Crippen molar-refractivity contribution in [3.63, 3.8) is 0 Å². The summed E-state index contributed by atoms with van der Waals surface area (Å²) in [5.41, 5.74) is 7.31. The number of hydrogen-bond donors (Lipinski definition) is 1. The van der Waals surface area contributed by atoms with Gasteiger partial charge in [-0.25, -0.2) is 0 Å². The third-order valence-electron chi connectivity index (χ3n) is 3.82. The van der Waals surface area contributed by atoms with Crippen LogP contribution < -0.4 is 5.73 Å². The van der Waals surface area contributed by atoms with Gasteiger partial charge in [-0.3, -0.25) is 9.59 Å². The second-order valence-corrected chi connectivity index (χ2v) is 6.08. The highest BCUT2D eigenvalue weighted by Gasteiger charge is 2.31. The third kappa shape index (κ3) is 2.69. The fourth-order valence-corrected chi connectivity index (χ4v) is 3.52. The number of hydrogen-bond acceptors (Lipinski definition) is 3. The van der Waals surface area contributed by atoms with Crippen LogP contribution in [0.5, 0.6) is 0 Å². The van der Waals surface area contributed by atoms with Gasteiger partial charge in [0.2, 0.25) is 5.91 Å². The number of benzene rings is 1. The monoisotopic (exact) mass is 300 g/mol. The van der Waals surface area contributed by atoms with Crippen LogP contribution in [0.25, 0.3) is 11.1 Å². The molecule has 1 aromatic heterocycles. The minimum absolute atomic E-state index is 0.00685. The molecule has 21 heavy (non-hydrogen) atoms. The topological polar surface area (TPSA) is 63.4 Å². The zero-order chi connectivity index (χ0) is 14.8. The van der Waals surface area contributed by atoms with Crippen molar-refractivity contribution < 1.29 is 9.59 Å². The van der Waals surface area contributed by atoms with E-state index >= 15 is 0 Å². The fraction of sp³-hybridized carbons (Fsp3) is 0.250. The lowest BCUT2D eigenvalue weighted by molar-refractivity contribution is -0.121. The molecule has 1 aliphatic heterocycles. The largest absolute Gasteiger partial charge is 0.369 e. The van der Waals surface area contributed by atoms with Crippen LogP contribution in [0.2, 0.25) is 0 Å². The number of rotatable bonds is 3. The maximum absolute atomic E-state index is 12.7. The number of nitrogens with two attached hydrogens (primary N) is 1.